The average molecular weight is 415 g/mol. The quantitative estimate of drug-likeness (QED) is 0.385. The Kier molecular flexibility index (Phi) is 6.02. The van der Waals surface area contributed by atoms with Crippen LogP contribution in [0.1, 0.15) is 31.8 Å². The number of carbonyl (C=O) groups excluding carboxylic acids is 2. The van der Waals surface area contributed by atoms with Crippen molar-refractivity contribution in [3.8, 4) is 11.5 Å². The maximum Gasteiger partial charge on any atom is 0.343 e. The van der Waals surface area contributed by atoms with Crippen LogP contribution in [0.3, 0.4) is 0 Å². The van der Waals surface area contributed by atoms with Crippen LogP contribution in [-0.2, 0) is 0 Å². The standard InChI is InChI=1S/C22H16Cl2O4/c1-13-3-9-19(17(23)11-13)27-21(25)15-5-7-16(8-6-15)22(26)28-20-10-4-14(2)12-18(20)24/h3-12H,1-2H3. The van der Waals surface area contributed by atoms with Gasteiger partial charge in [-0.2, -0.15) is 0 Å². The molecule has 0 spiro atoms. The molecule has 6 heteroatoms. The minimum absolute atomic E-state index is 0.273. The summed E-state index contributed by atoms with van der Waals surface area (Å²) in [6, 6.07) is 16.2. The fourth-order valence-electron chi connectivity index (χ4n) is 2.44. The van der Waals surface area contributed by atoms with E-state index in [1.165, 1.54) is 24.3 Å². The van der Waals surface area contributed by atoms with Crippen molar-refractivity contribution < 1.29 is 19.1 Å². The highest BCUT2D eigenvalue weighted by Gasteiger charge is 2.15. The molecule has 0 aliphatic carbocycles. The normalized spacial score (nSPS) is 10.4. The van der Waals surface area contributed by atoms with Gasteiger partial charge in [0.25, 0.3) is 0 Å². The summed E-state index contributed by atoms with van der Waals surface area (Å²) >= 11 is 12.2. The third-order valence-electron chi connectivity index (χ3n) is 3.94. The number of benzene rings is 3. The highest BCUT2D eigenvalue weighted by Crippen LogP contribution is 2.27. The van der Waals surface area contributed by atoms with Gasteiger partial charge in [-0.3, -0.25) is 0 Å². The van der Waals surface area contributed by atoms with Gasteiger partial charge in [-0.05, 0) is 73.5 Å². The molecular weight excluding hydrogens is 399 g/mol. The molecular formula is C22H16Cl2O4. The van der Waals surface area contributed by atoms with Crippen LogP contribution < -0.4 is 9.47 Å². The van der Waals surface area contributed by atoms with Crippen molar-refractivity contribution in [3.63, 3.8) is 0 Å². The molecule has 3 aromatic carbocycles. The zero-order valence-corrected chi connectivity index (χ0v) is 16.7. The van der Waals surface area contributed by atoms with Gasteiger partial charge in [0.05, 0.1) is 21.2 Å². The Bertz CT molecular complexity index is 958. The number of aryl methyl sites for hydroxylation is 2. The number of ether oxygens (including phenoxy) is 2. The summed E-state index contributed by atoms with van der Waals surface area (Å²) in [6.07, 6.45) is 0. The molecule has 0 N–H and O–H groups in total. The van der Waals surface area contributed by atoms with Crippen molar-refractivity contribution in [2.75, 3.05) is 0 Å². The van der Waals surface area contributed by atoms with E-state index in [1.54, 1.807) is 36.4 Å². The van der Waals surface area contributed by atoms with Crippen LogP contribution in [0, 0.1) is 13.8 Å². The van der Waals surface area contributed by atoms with Crippen molar-refractivity contribution in [3.05, 3.63) is 93.0 Å². The van der Waals surface area contributed by atoms with Crippen LogP contribution in [0.5, 0.6) is 11.5 Å². The van der Waals surface area contributed by atoms with E-state index in [-0.39, 0.29) is 22.6 Å². The molecule has 0 bridgehead atoms. The first-order valence-corrected chi connectivity index (χ1v) is 9.16. The summed E-state index contributed by atoms with van der Waals surface area (Å²) in [4.78, 5) is 24.6. The van der Waals surface area contributed by atoms with Crippen molar-refractivity contribution in [2.24, 2.45) is 0 Å². The summed E-state index contributed by atoms with van der Waals surface area (Å²) in [7, 11) is 0. The fourth-order valence-corrected chi connectivity index (χ4v) is 2.98. The first kappa shape index (κ1) is 19.9. The molecule has 0 radical (unpaired) electrons. The van der Waals surface area contributed by atoms with Gasteiger partial charge >= 0.3 is 11.9 Å². The van der Waals surface area contributed by atoms with Crippen LogP contribution in [0.25, 0.3) is 0 Å². The third-order valence-corrected chi connectivity index (χ3v) is 4.53. The van der Waals surface area contributed by atoms with Gasteiger partial charge in [0.1, 0.15) is 11.5 Å². The van der Waals surface area contributed by atoms with Crippen LogP contribution in [0.4, 0.5) is 0 Å². The second-order valence-electron chi connectivity index (χ2n) is 6.22. The topological polar surface area (TPSA) is 52.6 Å². The lowest BCUT2D eigenvalue weighted by Gasteiger charge is -2.08. The van der Waals surface area contributed by atoms with E-state index in [4.69, 9.17) is 32.7 Å². The monoisotopic (exact) mass is 414 g/mol. The van der Waals surface area contributed by atoms with Crippen molar-refractivity contribution in [1.82, 2.24) is 0 Å². The van der Waals surface area contributed by atoms with E-state index < -0.39 is 11.9 Å². The lowest BCUT2D eigenvalue weighted by Crippen LogP contribution is -2.11. The molecule has 142 valence electrons. The van der Waals surface area contributed by atoms with Gasteiger partial charge in [0.15, 0.2) is 0 Å². The molecule has 3 aromatic rings. The number of carbonyl (C=O) groups is 2. The number of hydrogen-bond donors (Lipinski definition) is 0. The molecule has 0 aromatic heterocycles. The molecule has 0 saturated heterocycles. The van der Waals surface area contributed by atoms with Crippen LogP contribution in [0.2, 0.25) is 10.0 Å². The maximum atomic E-state index is 12.3. The van der Waals surface area contributed by atoms with Crippen LogP contribution in [0.15, 0.2) is 60.7 Å². The zero-order chi connectivity index (χ0) is 20.3. The van der Waals surface area contributed by atoms with Gasteiger partial charge in [0.2, 0.25) is 0 Å². The second kappa shape index (κ2) is 8.46. The summed E-state index contributed by atoms with van der Waals surface area (Å²) in [5.41, 5.74) is 2.48. The Morgan fingerprint density at radius 1 is 0.643 bits per heavy atom. The SMILES string of the molecule is Cc1ccc(OC(=O)c2ccc(C(=O)Oc3ccc(C)cc3Cl)cc2)c(Cl)c1. The highest BCUT2D eigenvalue weighted by molar-refractivity contribution is 6.32. The van der Waals surface area contributed by atoms with Crippen LogP contribution >= 0.6 is 23.2 Å². The highest BCUT2D eigenvalue weighted by atomic mass is 35.5. The molecule has 4 nitrogen and oxygen atoms in total. The molecule has 0 aliphatic heterocycles. The lowest BCUT2D eigenvalue weighted by atomic mass is 10.1. The summed E-state index contributed by atoms with van der Waals surface area (Å²) in [5, 5.41) is 0.701. The van der Waals surface area contributed by atoms with E-state index in [1.807, 2.05) is 13.8 Å². The van der Waals surface area contributed by atoms with E-state index in [0.29, 0.717) is 10.0 Å². The number of esters is 2. The lowest BCUT2D eigenvalue weighted by molar-refractivity contribution is 0.0720. The molecule has 0 saturated carbocycles. The molecule has 28 heavy (non-hydrogen) atoms. The first-order valence-electron chi connectivity index (χ1n) is 8.40. The molecule has 0 amide bonds. The van der Waals surface area contributed by atoms with E-state index >= 15 is 0 Å². The third kappa shape index (κ3) is 4.71. The molecule has 0 heterocycles. The van der Waals surface area contributed by atoms with Crippen molar-refractivity contribution in [1.29, 1.82) is 0 Å². The molecule has 3 rings (SSSR count). The Labute approximate surface area is 172 Å². The number of hydrogen-bond acceptors (Lipinski definition) is 4. The van der Waals surface area contributed by atoms with E-state index in [9.17, 15) is 9.59 Å². The summed E-state index contributed by atoms with van der Waals surface area (Å²) in [6.45, 7) is 3.78. The predicted molar refractivity (Wildman–Crippen MR) is 109 cm³/mol. The van der Waals surface area contributed by atoms with Gasteiger partial charge in [-0.1, -0.05) is 35.3 Å². The average Bonchev–Trinajstić information content (AvgIpc) is 2.66. The van der Waals surface area contributed by atoms with E-state index in [0.717, 1.165) is 11.1 Å². The minimum Gasteiger partial charge on any atom is -0.421 e. The zero-order valence-electron chi connectivity index (χ0n) is 15.2. The molecule has 0 aliphatic rings. The van der Waals surface area contributed by atoms with Gasteiger partial charge in [-0.25, -0.2) is 9.59 Å². The largest absolute Gasteiger partial charge is 0.421 e. The minimum atomic E-state index is -0.577. The Morgan fingerprint density at radius 2 is 1.00 bits per heavy atom. The second-order valence-corrected chi connectivity index (χ2v) is 7.04. The fraction of sp³-hybridized carbons (Fsp3) is 0.0909. The summed E-state index contributed by atoms with van der Waals surface area (Å²) in [5.74, 6) is -0.607. The Morgan fingerprint density at radius 3 is 1.32 bits per heavy atom. The molecule has 0 unspecified atom stereocenters. The van der Waals surface area contributed by atoms with Gasteiger partial charge in [-0.15, -0.1) is 0 Å². The Hall–Kier alpha value is -2.82. The van der Waals surface area contributed by atoms with Crippen LogP contribution in [-0.4, -0.2) is 11.9 Å². The van der Waals surface area contributed by atoms with Crippen molar-refractivity contribution in [2.45, 2.75) is 13.8 Å². The predicted octanol–water partition coefficient (Wildman–Crippen LogP) is 6.05. The Balaban J connectivity index is 1.70. The van der Waals surface area contributed by atoms with Gasteiger partial charge in [0, 0.05) is 0 Å². The maximum absolute atomic E-state index is 12.3. The smallest absolute Gasteiger partial charge is 0.343 e. The van der Waals surface area contributed by atoms with E-state index in [2.05, 4.69) is 0 Å². The number of halogens is 2. The molecule has 0 atom stereocenters. The molecule has 0 fully saturated rings. The summed E-state index contributed by atoms with van der Waals surface area (Å²) < 4.78 is 10.6. The van der Waals surface area contributed by atoms with Gasteiger partial charge < -0.3 is 9.47 Å². The van der Waals surface area contributed by atoms with Crippen molar-refractivity contribution >= 4 is 35.1 Å². The number of rotatable bonds is 4. The first-order chi connectivity index (χ1) is 13.3.